The zero-order valence-corrected chi connectivity index (χ0v) is 9.85. The molecule has 92 valence electrons. The summed E-state index contributed by atoms with van der Waals surface area (Å²) >= 11 is 0. The first-order valence-corrected chi connectivity index (χ1v) is 6.05. The maximum absolute atomic E-state index is 11.8. The highest BCUT2D eigenvalue weighted by Gasteiger charge is 2.33. The van der Waals surface area contributed by atoms with Gasteiger partial charge < -0.3 is 10.4 Å². The van der Waals surface area contributed by atoms with Crippen LogP contribution in [0.5, 0.6) is 0 Å². The molecule has 0 radical (unpaired) electrons. The number of aromatic nitrogens is 1. The lowest BCUT2D eigenvalue weighted by Crippen LogP contribution is -2.38. The number of aliphatic hydroxyl groups excluding tert-OH is 1. The molecule has 1 heterocycles. The summed E-state index contributed by atoms with van der Waals surface area (Å²) in [7, 11) is 0. The molecular weight excluding hydrogens is 216 g/mol. The van der Waals surface area contributed by atoms with E-state index in [1.54, 1.807) is 24.5 Å². The minimum Gasteiger partial charge on any atom is -0.396 e. The van der Waals surface area contributed by atoms with Crippen molar-refractivity contribution >= 4 is 5.91 Å². The van der Waals surface area contributed by atoms with Crippen LogP contribution in [-0.4, -0.2) is 29.1 Å². The van der Waals surface area contributed by atoms with Crippen molar-refractivity contribution in [3.8, 4) is 0 Å². The molecule has 1 aliphatic rings. The summed E-state index contributed by atoms with van der Waals surface area (Å²) in [4.78, 5) is 15.7. The third-order valence-electron chi connectivity index (χ3n) is 3.55. The average molecular weight is 234 g/mol. The molecule has 1 aromatic heterocycles. The Labute approximate surface area is 101 Å². The van der Waals surface area contributed by atoms with Crippen LogP contribution in [0.15, 0.2) is 24.5 Å². The first kappa shape index (κ1) is 12.0. The maximum Gasteiger partial charge on any atom is 0.252 e. The number of rotatable bonds is 4. The number of aliphatic hydroxyl groups is 1. The molecule has 2 N–H and O–H groups in total. The summed E-state index contributed by atoms with van der Waals surface area (Å²) in [6.45, 7) is 0.706. The Balaban J connectivity index is 1.92. The number of nitrogens with one attached hydrogen (secondary N) is 1. The van der Waals surface area contributed by atoms with Gasteiger partial charge in [-0.25, -0.2) is 0 Å². The molecule has 0 bridgehead atoms. The number of pyridine rings is 1. The van der Waals surface area contributed by atoms with Crippen LogP contribution in [0, 0.1) is 5.41 Å². The molecule has 1 aromatic rings. The van der Waals surface area contributed by atoms with E-state index < -0.39 is 0 Å². The Kier molecular flexibility index (Phi) is 3.74. The fourth-order valence-electron chi connectivity index (χ4n) is 2.38. The van der Waals surface area contributed by atoms with Crippen molar-refractivity contribution in [3.63, 3.8) is 0 Å². The molecule has 0 aliphatic heterocycles. The second-order valence-corrected chi connectivity index (χ2v) is 4.79. The number of carbonyl (C=O) groups excluding carboxylic acids is 1. The van der Waals surface area contributed by atoms with E-state index >= 15 is 0 Å². The topological polar surface area (TPSA) is 62.2 Å². The van der Waals surface area contributed by atoms with Crippen LogP contribution in [-0.2, 0) is 0 Å². The van der Waals surface area contributed by atoms with Gasteiger partial charge in [0, 0.05) is 24.4 Å². The Morgan fingerprint density at radius 3 is 2.82 bits per heavy atom. The Morgan fingerprint density at radius 2 is 2.24 bits per heavy atom. The van der Waals surface area contributed by atoms with Gasteiger partial charge in [-0.1, -0.05) is 12.8 Å². The third kappa shape index (κ3) is 2.82. The summed E-state index contributed by atoms with van der Waals surface area (Å²) in [6, 6.07) is 3.48. The third-order valence-corrected chi connectivity index (χ3v) is 3.55. The predicted octanol–water partition coefficient (Wildman–Crippen LogP) is 1.36. The molecule has 17 heavy (non-hydrogen) atoms. The molecular formula is C13H18N2O2. The van der Waals surface area contributed by atoms with Gasteiger partial charge in [-0.2, -0.15) is 0 Å². The number of hydrogen-bond donors (Lipinski definition) is 2. The summed E-state index contributed by atoms with van der Waals surface area (Å²) in [5, 5.41) is 12.3. The molecule has 4 heteroatoms. The molecule has 1 amide bonds. The van der Waals surface area contributed by atoms with Crippen molar-refractivity contribution in [2.75, 3.05) is 13.2 Å². The highest BCUT2D eigenvalue weighted by Crippen LogP contribution is 2.36. The van der Waals surface area contributed by atoms with Crippen molar-refractivity contribution < 1.29 is 9.90 Å². The lowest BCUT2D eigenvalue weighted by atomic mass is 9.87. The van der Waals surface area contributed by atoms with E-state index in [0.717, 1.165) is 25.7 Å². The largest absolute Gasteiger partial charge is 0.396 e. The number of hydrogen-bond acceptors (Lipinski definition) is 3. The minimum absolute atomic E-state index is 0.0993. The smallest absolute Gasteiger partial charge is 0.252 e. The van der Waals surface area contributed by atoms with Gasteiger partial charge in [-0.15, -0.1) is 0 Å². The van der Waals surface area contributed by atoms with Gasteiger partial charge in [-0.3, -0.25) is 9.78 Å². The molecule has 1 aliphatic carbocycles. The minimum atomic E-state index is -0.113. The predicted molar refractivity (Wildman–Crippen MR) is 64.6 cm³/mol. The van der Waals surface area contributed by atoms with Crippen molar-refractivity contribution in [2.24, 2.45) is 5.41 Å². The average Bonchev–Trinajstić information content (AvgIpc) is 2.86. The van der Waals surface area contributed by atoms with E-state index in [4.69, 9.17) is 0 Å². The molecule has 0 aromatic carbocycles. The van der Waals surface area contributed by atoms with Crippen molar-refractivity contribution in [2.45, 2.75) is 25.7 Å². The summed E-state index contributed by atoms with van der Waals surface area (Å²) in [6.07, 6.45) is 7.47. The Morgan fingerprint density at radius 1 is 1.47 bits per heavy atom. The van der Waals surface area contributed by atoms with Crippen LogP contribution in [0.25, 0.3) is 0 Å². The van der Waals surface area contributed by atoms with Gasteiger partial charge in [-0.05, 0) is 25.0 Å². The molecule has 4 nitrogen and oxygen atoms in total. The fourth-order valence-corrected chi connectivity index (χ4v) is 2.38. The van der Waals surface area contributed by atoms with Gasteiger partial charge in [0.2, 0.25) is 0 Å². The lowest BCUT2D eigenvalue weighted by molar-refractivity contribution is 0.0880. The first-order chi connectivity index (χ1) is 8.26. The van der Waals surface area contributed by atoms with Gasteiger partial charge >= 0.3 is 0 Å². The fraction of sp³-hybridized carbons (Fsp3) is 0.538. The molecule has 1 saturated carbocycles. The van der Waals surface area contributed by atoms with Gasteiger partial charge in [0.05, 0.1) is 12.2 Å². The molecule has 0 saturated heterocycles. The number of amides is 1. The lowest BCUT2D eigenvalue weighted by Gasteiger charge is -2.26. The monoisotopic (exact) mass is 234 g/mol. The van der Waals surface area contributed by atoms with Crippen molar-refractivity contribution in [1.82, 2.24) is 10.3 Å². The van der Waals surface area contributed by atoms with E-state index in [-0.39, 0.29) is 17.9 Å². The van der Waals surface area contributed by atoms with E-state index in [9.17, 15) is 9.90 Å². The van der Waals surface area contributed by atoms with Crippen LogP contribution in [0.2, 0.25) is 0 Å². The second-order valence-electron chi connectivity index (χ2n) is 4.79. The summed E-state index contributed by atoms with van der Waals surface area (Å²) in [5.41, 5.74) is 0.469. The highest BCUT2D eigenvalue weighted by molar-refractivity contribution is 5.93. The van der Waals surface area contributed by atoms with Crippen molar-refractivity contribution in [3.05, 3.63) is 30.1 Å². The number of carbonyl (C=O) groups is 1. The van der Waals surface area contributed by atoms with E-state index in [1.165, 1.54) is 0 Å². The quantitative estimate of drug-likeness (QED) is 0.827. The normalized spacial score (nSPS) is 17.9. The molecule has 0 unspecified atom stereocenters. The molecule has 2 rings (SSSR count). The Hall–Kier alpha value is -1.42. The number of nitrogens with zero attached hydrogens (tertiary/aromatic N) is 1. The SMILES string of the molecule is O=C(NCC1(CO)CCCC1)c1cccnc1. The molecule has 0 atom stereocenters. The van der Waals surface area contributed by atoms with E-state index in [1.807, 2.05) is 0 Å². The van der Waals surface area contributed by atoms with E-state index in [0.29, 0.717) is 12.1 Å². The van der Waals surface area contributed by atoms with Crippen LogP contribution < -0.4 is 5.32 Å². The van der Waals surface area contributed by atoms with Gasteiger partial charge in [0.25, 0.3) is 5.91 Å². The van der Waals surface area contributed by atoms with Gasteiger partial charge in [0.1, 0.15) is 0 Å². The molecule has 1 fully saturated rings. The van der Waals surface area contributed by atoms with Gasteiger partial charge in [0.15, 0.2) is 0 Å². The van der Waals surface area contributed by atoms with Crippen LogP contribution in [0.3, 0.4) is 0 Å². The highest BCUT2D eigenvalue weighted by atomic mass is 16.3. The zero-order valence-electron chi connectivity index (χ0n) is 9.85. The first-order valence-electron chi connectivity index (χ1n) is 6.05. The summed E-state index contributed by atoms with van der Waals surface area (Å²) in [5.74, 6) is -0.113. The van der Waals surface area contributed by atoms with Crippen LogP contribution in [0.1, 0.15) is 36.0 Å². The van der Waals surface area contributed by atoms with Crippen LogP contribution in [0.4, 0.5) is 0 Å². The zero-order chi connectivity index (χ0) is 12.1. The Bertz CT molecular complexity index is 372. The molecule has 0 spiro atoms. The second kappa shape index (κ2) is 5.27. The summed E-state index contributed by atoms with van der Waals surface area (Å²) < 4.78 is 0. The maximum atomic E-state index is 11.8. The van der Waals surface area contributed by atoms with Crippen molar-refractivity contribution in [1.29, 1.82) is 0 Å². The standard InChI is InChI=1S/C13H18N2O2/c16-10-13(5-1-2-6-13)9-15-12(17)11-4-3-7-14-8-11/h3-4,7-8,16H,1-2,5-6,9-10H2,(H,15,17). The van der Waals surface area contributed by atoms with Crippen LogP contribution >= 0.6 is 0 Å². The van der Waals surface area contributed by atoms with E-state index in [2.05, 4.69) is 10.3 Å².